The molecule has 1 aliphatic rings. The molecule has 0 spiro atoms. The Labute approximate surface area is 129 Å². The highest BCUT2D eigenvalue weighted by Crippen LogP contribution is 2.34. The first kappa shape index (κ1) is 14.7. The molecule has 0 radical (unpaired) electrons. The Balaban J connectivity index is 1.78. The quantitative estimate of drug-likeness (QED) is 0.943. The Hall–Kier alpha value is -2.21. The smallest absolute Gasteiger partial charge is 0.230 e. The van der Waals surface area contributed by atoms with Gasteiger partial charge in [-0.2, -0.15) is 5.10 Å². The van der Waals surface area contributed by atoms with E-state index in [2.05, 4.69) is 15.4 Å². The average Bonchev–Trinajstić information content (AvgIpc) is 2.93. The number of nitrogens with zero attached hydrogens (tertiary/aromatic N) is 3. The molecule has 0 aromatic carbocycles. The van der Waals surface area contributed by atoms with Crippen LogP contribution in [-0.4, -0.2) is 27.3 Å². The van der Waals surface area contributed by atoms with Gasteiger partial charge in [0.25, 0.3) is 0 Å². The number of anilines is 1. The molecule has 1 N–H and O–H groups in total. The van der Waals surface area contributed by atoms with Crippen LogP contribution in [0.2, 0.25) is 0 Å². The molecule has 0 unspecified atom stereocenters. The maximum absolute atomic E-state index is 12.6. The van der Waals surface area contributed by atoms with Crippen LogP contribution in [0.5, 0.6) is 0 Å². The van der Waals surface area contributed by atoms with E-state index < -0.39 is 0 Å². The highest BCUT2D eigenvalue weighted by molar-refractivity contribution is 5.93. The number of hydrogen-bond donors (Lipinski definition) is 1. The lowest BCUT2D eigenvalue weighted by molar-refractivity contribution is -0.129. The largest absolute Gasteiger partial charge is 0.371 e. The maximum atomic E-state index is 12.6. The van der Waals surface area contributed by atoms with Crippen LogP contribution in [0.1, 0.15) is 30.2 Å². The fourth-order valence-electron chi connectivity index (χ4n) is 2.86. The lowest BCUT2D eigenvalue weighted by atomic mass is 9.91. The van der Waals surface area contributed by atoms with E-state index in [-0.39, 0.29) is 17.9 Å². The van der Waals surface area contributed by atoms with Gasteiger partial charge in [0.15, 0.2) is 0 Å². The summed E-state index contributed by atoms with van der Waals surface area (Å²) in [6.45, 7) is 2.62. The predicted molar refractivity (Wildman–Crippen MR) is 82.2 cm³/mol. The first-order valence-electron chi connectivity index (χ1n) is 7.47. The van der Waals surface area contributed by atoms with E-state index in [4.69, 9.17) is 4.74 Å². The van der Waals surface area contributed by atoms with Crippen molar-refractivity contribution in [1.82, 2.24) is 14.8 Å². The summed E-state index contributed by atoms with van der Waals surface area (Å²) in [5.74, 6) is -0.247. The fraction of sp³-hybridized carbons (Fsp3) is 0.438. The van der Waals surface area contributed by atoms with Crippen molar-refractivity contribution in [3.8, 4) is 0 Å². The van der Waals surface area contributed by atoms with E-state index in [0.717, 1.165) is 29.8 Å². The zero-order valence-corrected chi connectivity index (χ0v) is 12.8. The number of ether oxygens (including phenoxy) is 1. The Morgan fingerprint density at radius 3 is 3.05 bits per heavy atom. The zero-order valence-electron chi connectivity index (χ0n) is 12.8. The van der Waals surface area contributed by atoms with Gasteiger partial charge in [-0.25, -0.2) is 0 Å². The topological polar surface area (TPSA) is 69.0 Å². The molecule has 6 heteroatoms. The van der Waals surface area contributed by atoms with Crippen LogP contribution < -0.4 is 5.32 Å². The molecular weight excluding hydrogens is 280 g/mol. The minimum Gasteiger partial charge on any atom is -0.371 e. The summed E-state index contributed by atoms with van der Waals surface area (Å²) in [7, 11) is 1.87. The first-order chi connectivity index (χ1) is 10.6. The van der Waals surface area contributed by atoms with E-state index in [9.17, 15) is 4.79 Å². The van der Waals surface area contributed by atoms with E-state index in [0.29, 0.717) is 6.61 Å². The predicted octanol–water partition coefficient (Wildman–Crippen LogP) is 2.23. The Morgan fingerprint density at radius 1 is 1.45 bits per heavy atom. The summed E-state index contributed by atoms with van der Waals surface area (Å²) in [6.07, 6.45) is 6.59. The third-order valence-electron chi connectivity index (χ3n) is 3.95. The Morgan fingerprint density at radius 2 is 2.32 bits per heavy atom. The number of carbonyl (C=O) groups is 1. The molecule has 0 aliphatic carbocycles. The minimum atomic E-state index is -0.251. The fourth-order valence-corrected chi connectivity index (χ4v) is 2.86. The van der Waals surface area contributed by atoms with Gasteiger partial charge in [-0.15, -0.1) is 0 Å². The molecule has 1 saturated heterocycles. The van der Waals surface area contributed by atoms with Crippen LogP contribution in [-0.2, 0) is 16.6 Å². The number of amides is 1. The molecule has 0 bridgehead atoms. The number of aryl methyl sites for hydroxylation is 2. The summed E-state index contributed by atoms with van der Waals surface area (Å²) >= 11 is 0. The van der Waals surface area contributed by atoms with Crippen LogP contribution in [0.25, 0.3) is 0 Å². The molecule has 2 aromatic rings. The van der Waals surface area contributed by atoms with Gasteiger partial charge in [-0.05, 0) is 37.5 Å². The van der Waals surface area contributed by atoms with Gasteiger partial charge >= 0.3 is 0 Å². The second kappa shape index (κ2) is 6.27. The number of carbonyl (C=O) groups excluding carboxylic acids is 1. The summed E-state index contributed by atoms with van der Waals surface area (Å²) in [6, 6.07) is 3.82. The Bertz CT molecular complexity index is 668. The molecule has 2 atom stereocenters. The standard InChI is InChI=1S/C16H20N4O2/c1-11-8-12(10-17-9-11)19-16(21)13-4-3-7-22-15(13)14-5-6-18-20(14)2/h5-6,8-10,13,15H,3-4,7H2,1-2H3,(H,19,21)/t13-,15-/m1/s1. The van der Waals surface area contributed by atoms with Gasteiger partial charge in [-0.1, -0.05) is 0 Å². The second-order valence-electron chi connectivity index (χ2n) is 5.66. The van der Waals surface area contributed by atoms with Gasteiger partial charge in [0.2, 0.25) is 5.91 Å². The van der Waals surface area contributed by atoms with Crippen LogP contribution >= 0.6 is 0 Å². The van der Waals surface area contributed by atoms with Crippen molar-refractivity contribution >= 4 is 11.6 Å². The van der Waals surface area contributed by atoms with Crippen molar-refractivity contribution in [2.45, 2.75) is 25.9 Å². The third-order valence-corrected chi connectivity index (χ3v) is 3.95. The van der Waals surface area contributed by atoms with Gasteiger partial charge < -0.3 is 10.1 Å². The maximum Gasteiger partial charge on any atom is 0.230 e. The van der Waals surface area contributed by atoms with Crippen molar-refractivity contribution in [2.75, 3.05) is 11.9 Å². The lowest BCUT2D eigenvalue weighted by Crippen LogP contribution is -2.34. The summed E-state index contributed by atoms with van der Waals surface area (Å²) < 4.78 is 7.63. The van der Waals surface area contributed by atoms with Crippen LogP contribution in [0, 0.1) is 12.8 Å². The number of aromatic nitrogens is 3. The monoisotopic (exact) mass is 300 g/mol. The average molecular weight is 300 g/mol. The van der Waals surface area contributed by atoms with Gasteiger partial charge in [0, 0.05) is 26.0 Å². The van der Waals surface area contributed by atoms with Gasteiger partial charge in [0.05, 0.1) is 23.5 Å². The van der Waals surface area contributed by atoms with Crippen molar-refractivity contribution in [1.29, 1.82) is 0 Å². The van der Waals surface area contributed by atoms with Crippen molar-refractivity contribution in [3.63, 3.8) is 0 Å². The summed E-state index contributed by atoms with van der Waals surface area (Å²) in [4.78, 5) is 16.8. The zero-order chi connectivity index (χ0) is 15.5. The molecular formula is C16H20N4O2. The summed E-state index contributed by atoms with van der Waals surface area (Å²) in [5, 5.41) is 7.13. The molecule has 6 nitrogen and oxygen atoms in total. The molecule has 3 rings (SSSR count). The number of nitrogens with one attached hydrogen (secondary N) is 1. The molecule has 116 valence electrons. The highest BCUT2D eigenvalue weighted by Gasteiger charge is 2.34. The molecule has 22 heavy (non-hydrogen) atoms. The lowest BCUT2D eigenvalue weighted by Gasteiger charge is -2.30. The molecule has 1 aliphatic heterocycles. The van der Waals surface area contributed by atoms with Gasteiger partial charge in [-0.3, -0.25) is 14.5 Å². The number of pyridine rings is 1. The van der Waals surface area contributed by atoms with Crippen molar-refractivity contribution in [2.24, 2.45) is 13.0 Å². The van der Waals surface area contributed by atoms with Crippen LogP contribution in [0.4, 0.5) is 5.69 Å². The molecule has 1 amide bonds. The molecule has 3 heterocycles. The second-order valence-corrected chi connectivity index (χ2v) is 5.66. The van der Waals surface area contributed by atoms with E-state index in [1.807, 2.05) is 26.1 Å². The highest BCUT2D eigenvalue weighted by atomic mass is 16.5. The third kappa shape index (κ3) is 3.01. The molecule has 1 fully saturated rings. The normalized spacial score (nSPS) is 21.5. The molecule has 0 saturated carbocycles. The first-order valence-corrected chi connectivity index (χ1v) is 7.47. The van der Waals surface area contributed by atoms with Crippen LogP contribution in [0.3, 0.4) is 0 Å². The molecule has 2 aromatic heterocycles. The van der Waals surface area contributed by atoms with Gasteiger partial charge in [0.1, 0.15) is 6.10 Å². The van der Waals surface area contributed by atoms with E-state index in [1.165, 1.54) is 0 Å². The Kier molecular flexibility index (Phi) is 4.20. The van der Waals surface area contributed by atoms with Crippen molar-refractivity contribution < 1.29 is 9.53 Å². The summed E-state index contributed by atoms with van der Waals surface area (Å²) in [5.41, 5.74) is 2.67. The SMILES string of the molecule is Cc1cncc(NC(=O)[C@@H]2CCCO[C@H]2c2ccnn2C)c1. The van der Waals surface area contributed by atoms with E-state index >= 15 is 0 Å². The number of hydrogen-bond acceptors (Lipinski definition) is 4. The van der Waals surface area contributed by atoms with Crippen molar-refractivity contribution in [3.05, 3.63) is 42.0 Å². The number of rotatable bonds is 3. The van der Waals surface area contributed by atoms with Crippen LogP contribution in [0.15, 0.2) is 30.7 Å². The minimum absolute atomic E-state index is 0.0294. The van der Waals surface area contributed by atoms with E-state index in [1.54, 1.807) is 23.3 Å².